The number of fused-ring (bicyclic) bond motifs is 4. The van der Waals surface area contributed by atoms with Crippen LogP contribution in [-0.4, -0.2) is 20.0 Å². The highest BCUT2D eigenvalue weighted by atomic mass is 16.6. The summed E-state index contributed by atoms with van der Waals surface area (Å²) in [7, 11) is 0. The Balaban J connectivity index is 1.94. The number of hydrogen-bond donors (Lipinski definition) is 1. The molecule has 0 amide bonds. The average Bonchev–Trinajstić information content (AvgIpc) is 2.73. The van der Waals surface area contributed by atoms with Crippen molar-refractivity contribution in [1.82, 2.24) is 9.97 Å². The van der Waals surface area contributed by atoms with E-state index in [1.807, 2.05) is 48.5 Å². The van der Waals surface area contributed by atoms with E-state index in [4.69, 9.17) is 9.97 Å². The number of para-hydroxylation sites is 2. The molecule has 0 spiro atoms. The molecule has 0 saturated heterocycles. The van der Waals surface area contributed by atoms with E-state index in [2.05, 4.69) is 0 Å². The first kappa shape index (κ1) is 16.1. The maximum absolute atomic E-state index is 11.0. The molecule has 0 aliphatic heterocycles. The van der Waals surface area contributed by atoms with Crippen molar-refractivity contribution in [3.8, 4) is 16.9 Å². The second-order valence-corrected chi connectivity index (χ2v) is 6.48. The van der Waals surface area contributed by atoms with Crippen LogP contribution >= 0.6 is 0 Å². The summed E-state index contributed by atoms with van der Waals surface area (Å²) in [6.07, 6.45) is 0. The zero-order valence-corrected chi connectivity index (χ0v) is 14.5. The number of aromatic nitrogens is 2. The lowest BCUT2D eigenvalue weighted by Gasteiger charge is -2.13. The molecule has 134 valence electrons. The predicted molar refractivity (Wildman–Crippen MR) is 108 cm³/mol. The van der Waals surface area contributed by atoms with Gasteiger partial charge in [0.15, 0.2) is 0 Å². The summed E-state index contributed by atoms with van der Waals surface area (Å²) < 4.78 is 0. The monoisotopic (exact) mass is 367 g/mol. The molecule has 0 aliphatic rings. The van der Waals surface area contributed by atoms with Crippen molar-refractivity contribution < 1.29 is 10.0 Å². The minimum absolute atomic E-state index is 0.00938. The fraction of sp³-hybridized carbons (Fsp3) is 0. The van der Waals surface area contributed by atoms with Gasteiger partial charge in [-0.15, -0.1) is 0 Å². The van der Waals surface area contributed by atoms with Crippen LogP contribution in [0.4, 0.5) is 5.69 Å². The Bertz CT molecular complexity index is 1400. The highest BCUT2D eigenvalue weighted by Crippen LogP contribution is 2.42. The number of nitro groups is 1. The van der Waals surface area contributed by atoms with Crippen molar-refractivity contribution in [2.75, 3.05) is 0 Å². The summed E-state index contributed by atoms with van der Waals surface area (Å²) >= 11 is 0. The van der Waals surface area contributed by atoms with Crippen LogP contribution in [0, 0.1) is 10.1 Å². The zero-order chi connectivity index (χ0) is 19.3. The van der Waals surface area contributed by atoms with Crippen LogP contribution in [-0.2, 0) is 0 Å². The molecule has 1 N–H and O–H groups in total. The molecule has 6 nitrogen and oxygen atoms in total. The van der Waals surface area contributed by atoms with Crippen molar-refractivity contribution in [1.29, 1.82) is 0 Å². The van der Waals surface area contributed by atoms with E-state index in [1.165, 1.54) is 12.1 Å². The molecule has 6 heteroatoms. The number of non-ortho nitro benzene ring substituents is 1. The first-order valence-electron chi connectivity index (χ1n) is 8.68. The Morgan fingerprint density at radius 2 is 1.32 bits per heavy atom. The molecule has 0 bridgehead atoms. The molecule has 4 aromatic carbocycles. The molecule has 0 radical (unpaired) electrons. The summed E-state index contributed by atoms with van der Waals surface area (Å²) in [5.74, 6) is 0.0848. The van der Waals surface area contributed by atoms with E-state index in [0.717, 1.165) is 10.9 Å². The van der Waals surface area contributed by atoms with Crippen LogP contribution in [0.15, 0.2) is 72.8 Å². The summed E-state index contributed by atoms with van der Waals surface area (Å²) in [5.41, 5.74) is 3.87. The van der Waals surface area contributed by atoms with Crippen LogP contribution in [0.2, 0.25) is 0 Å². The Morgan fingerprint density at radius 3 is 1.96 bits per heavy atom. The van der Waals surface area contributed by atoms with E-state index < -0.39 is 4.92 Å². The molecule has 0 saturated carbocycles. The van der Waals surface area contributed by atoms with Crippen LogP contribution in [0.25, 0.3) is 44.0 Å². The third kappa shape index (κ3) is 2.35. The number of aromatic hydroxyl groups is 1. The van der Waals surface area contributed by atoms with Crippen molar-refractivity contribution in [2.45, 2.75) is 0 Å². The molecule has 0 atom stereocenters. The number of nitro benzene ring substituents is 1. The van der Waals surface area contributed by atoms with Crippen molar-refractivity contribution in [3.63, 3.8) is 0 Å². The predicted octanol–water partition coefficient (Wildman–Crippen LogP) is 5.22. The molecular formula is C22H13N3O3. The normalized spacial score (nSPS) is 11.3. The standard InChI is InChI=1S/C22H13N3O3/c26-22-16-6-2-1-5-15(16)20-21(24-18-8-4-3-7-17(18)23-20)19(22)13-9-11-14(12-10-13)25(27)28/h1-12,26H. The molecule has 1 aromatic heterocycles. The van der Waals surface area contributed by atoms with Gasteiger partial charge in [-0.25, -0.2) is 9.97 Å². The van der Waals surface area contributed by atoms with Crippen molar-refractivity contribution in [2.24, 2.45) is 0 Å². The minimum atomic E-state index is -0.449. The molecule has 0 unspecified atom stereocenters. The Morgan fingerprint density at radius 1 is 0.750 bits per heavy atom. The third-order valence-electron chi connectivity index (χ3n) is 4.85. The minimum Gasteiger partial charge on any atom is -0.507 e. The van der Waals surface area contributed by atoms with Gasteiger partial charge in [0.1, 0.15) is 11.3 Å². The highest BCUT2D eigenvalue weighted by molar-refractivity contribution is 6.15. The van der Waals surface area contributed by atoms with Crippen molar-refractivity contribution in [3.05, 3.63) is 82.9 Å². The molecule has 5 aromatic rings. The van der Waals surface area contributed by atoms with Crippen LogP contribution in [0.5, 0.6) is 5.75 Å². The average molecular weight is 367 g/mol. The van der Waals surface area contributed by atoms with Gasteiger partial charge in [-0.3, -0.25) is 10.1 Å². The lowest BCUT2D eigenvalue weighted by molar-refractivity contribution is -0.384. The van der Waals surface area contributed by atoms with Gasteiger partial charge in [0.2, 0.25) is 0 Å². The van der Waals surface area contributed by atoms with E-state index in [1.54, 1.807) is 12.1 Å². The number of rotatable bonds is 2. The van der Waals surface area contributed by atoms with Gasteiger partial charge in [-0.2, -0.15) is 0 Å². The van der Waals surface area contributed by atoms with Gasteiger partial charge in [-0.1, -0.05) is 36.4 Å². The SMILES string of the molecule is O=[N+]([O-])c1ccc(-c2c(O)c3ccccc3c3nc4ccccc4nc23)cc1. The molecule has 5 rings (SSSR count). The first-order chi connectivity index (χ1) is 13.6. The van der Waals surface area contributed by atoms with E-state index in [0.29, 0.717) is 33.1 Å². The fourth-order valence-corrected chi connectivity index (χ4v) is 3.53. The Labute approximate surface area is 158 Å². The first-order valence-corrected chi connectivity index (χ1v) is 8.68. The van der Waals surface area contributed by atoms with Crippen LogP contribution in [0.3, 0.4) is 0 Å². The third-order valence-corrected chi connectivity index (χ3v) is 4.85. The van der Waals surface area contributed by atoms with Gasteiger partial charge in [0, 0.05) is 22.9 Å². The Kier molecular flexibility index (Phi) is 3.45. The number of nitrogens with zero attached hydrogens (tertiary/aromatic N) is 3. The maximum atomic E-state index is 11.0. The number of benzene rings is 4. The zero-order valence-electron chi connectivity index (χ0n) is 14.5. The number of phenols is 1. The van der Waals surface area contributed by atoms with E-state index in [-0.39, 0.29) is 11.4 Å². The van der Waals surface area contributed by atoms with E-state index in [9.17, 15) is 15.2 Å². The summed E-state index contributed by atoms with van der Waals surface area (Å²) in [4.78, 5) is 20.1. The molecule has 1 heterocycles. The smallest absolute Gasteiger partial charge is 0.269 e. The summed E-state index contributed by atoms with van der Waals surface area (Å²) in [6, 6.07) is 21.1. The number of hydrogen-bond acceptors (Lipinski definition) is 5. The molecule has 28 heavy (non-hydrogen) atoms. The van der Waals surface area contributed by atoms with Crippen LogP contribution in [0.1, 0.15) is 0 Å². The largest absolute Gasteiger partial charge is 0.507 e. The molecule has 0 aliphatic carbocycles. The van der Waals surface area contributed by atoms with Gasteiger partial charge in [0.05, 0.1) is 27.0 Å². The van der Waals surface area contributed by atoms with Gasteiger partial charge >= 0.3 is 0 Å². The van der Waals surface area contributed by atoms with Gasteiger partial charge in [-0.05, 0) is 29.8 Å². The quantitative estimate of drug-likeness (QED) is 0.200. The Hall–Kier alpha value is -4.06. The van der Waals surface area contributed by atoms with Crippen molar-refractivity contribution >= 4 is 38.5 Å². The molecular weight excluding hydrogens is 354 g/mol. The summed E-state index contributed by atoms with van der Waals surface area (Å²) in [6.45, 7) is 0. The fourth-order valence-electron chi connectivity index (χ4n) is 3.53. The lowest BCUT2D eigenvalue weighted by Crippen LogP contribution is -1.94. The van der Waals surface area contributed by atoms with E-state index >= 15 is 0 Å². The van der Waals surface area contributed by atoms with Crippen LogP contribution < -0.4 is 0 Å². The maximum Gasteiger partial charge on any atom is 0.269 e. The van der Waals surface area contributed by atoms with Gasteiger partial charge < -0.3 is 5.11 Å². The topological polar surface area (TPSA) is 89.2 Å². The summed E-state index contributed by atoms with van der Waals surface area (Å²) in [5, 5.41) is 23.5. The number of phenolic OH excluding ortho intramolecular Hbond substituents is 1. The second-order valence-electron chi connectivity index (χ2n) is 6.48. The lowest BCUT2D eigenvalue weighted by atomic mass is 9.96. The second kappa shape index (κ2) is 5.99. The molecule has 0 fully saturated rings. The highest BCUT2D eigenvalue weighted by Gasteiger charge is 2.19. The van der Waals surface area contributed by atoms with Gasteiger partial charge in [0.25, 0.3) is 5.69 Å².